The highest BCUT2D eigenvalue weighted by atomic mass is 35.5. The summed E-state index contributed by atoms with van der Waals surface area (Å²) in [5.41, 5.74) is 2.13. The Morgan fingerprint density at radius 2 is 1.71 bits per heavy atom. The normalized spacial score (nSPS) is 11.8. The second-order valence-electron chi connectivity index (χ2n) is 4.28. The maximum Gasteiger partial charge on any atom is 0.250 e. The van der Waals surface area contributed by atoms with Crippen LogP contribution in [0.5, 0.6) is 0 Å². The number of halogens is 2. The molecule has 0 aliphatic carbocycles. The van der Waals surface area contributed by atoms with Crippen LogP contribution in [-0.2, 0) is 10.0 Å². The zero-order chi connectivity index (χ0) is 15.5. The van der Waals surface area contributed by atoms with Gasteiger partial charge in [0.1, 0.15) is 0 Å². The molecule has 0 aliphatic rings. The molecule has 0 amide bonds. The van der Waals surface area contributed by atoms with E-state index in [4.69, 9.17) is 23.2 Å². The zero-order valence-corrected chi connectivity index (χ0v) is 14.2. The molecule has 0 unspecified atom stereocenters. The minimum absolute atomic E-state index is 0.234. The molecule has 0 aliphatic heterocycles. The minimum atomic E-state index is -3.72. The molecule has 0 heterocycles. The standard InChI is InChI=1S/C14H13Cl2NO2S2/c1-10-6-5-9-12(11-7-3-2-4-8-11)13(10)21(18,19)17-20-14(15)16/h2-9,14,17H,1H3. The molecule has 2 aromatic carbocycles. The summed E-state index contributed by atoms with van der Waals surface area (Å²) < 4.78 is 26.5. The van der Waals surface area contributed by atoms with Crippen LogP contribution in [-0.4, -0.2) is 12.6 Å². The van der Waals surface area contributed by atoms with E-state index in [-0.39, 0.29) is 4.90 Å². The van der Waals surface area contributed by atoms with Gasteiger partial charge in [-0.1, -0.05) is 71.7 Å². The van der Waals surface area contributed by atoms with Crippen LogP contribution in [0.15, 0.2) is 53.4 Å². The van der Waals surface area contributed by atoms with E-state index in [1.807, 2.05) is 36.4 Å². The lowest BCUT2D eigenvalue weighted by Gasteiger charge is -2.14. The van der Waals surface area contributed by atoms with Crippen molar-refractivity contribution in [3.8, 4) is 11.1 Å². The third-order valence-electron chi connectivity index (χ3n) is 2.81. The van der Waals surface area contributed by atoms with Crippen LogP contribution in [0.4, 0.5) is 0 Å². The summed E-state index contributed by atoms with van der Waals surface area (Å²) in [6, 6.07) is 14.7. The van der Waals surface area contributed by atoms with E-state index >= 15 is 0 Å². The van der Waals surface area contributed by atoms with Gasteiger partial charge in [-0.05, 0) is 30.0 Å². The van der Waals surface area contributed by atoms with Crippen molar-refractivity contribution >= 4 is 45.2 Å². The van der Waals surface area contributed by atoms with Crippen molar-refractivity contribution in [3.05, 3.63) is 54.1 Å². The molecule has 0 aromatic heterocycles. The summed E-state index contributed by atoms with van der Waals surface area (Å²) in [4.78, 5) is 0.234. The van der Waals surface area contributed by atoms with Gasteiger partial charge in [0.15, 0.2) is 4.17 Å². The second kappa shape index (κ2) is 7.03. The summed E-state index contributed by atoms with van der Waals surface area (Å²) in [7, 11) is -3.72. The molecule has 2 rings (SSSR count). The fraction of sp³-hybridized carbons (Fsp3) is 0.143. The van der Waals surface area contributed by atoms with Crippen molar-refractivity contribution < 1.29 is 8.42 Å². The Hall–Kier alpha value is -0.720. The Balaban J connectivity index is 2.53. The van der Waals surface area contributed by atoms with E-state index < -0.39 is 14.2 Å². The van der Waals surface area contributed by atoms with Crippen molar-refractivity contribution in [2.24, 2.45) is 0 Å². The molecule has 0 bridgehead atoms. The topological polar surface area (TPSA) is 46.2 Å². The first-order valence-electron chi connectivity index (χ1n) is 6.02. The van der Waals surface area contributed by atoms with Gasteiger partial charge in [-0.15, -0.1) is 0 Å². The summed E-state index contributed by atoms with van der Waals surface area (Å²) in [5.74, 6) is 0. The molecule has 7 heteroatoms. The average molecular weight is 362 g/mol. The van der Waals surface area contributed by atoms with Gasteiger partial charge < -0.3 is 0 Å². The highest BCUT2D eigenvalue weighted by molar-refractivity contribution is 8.11. The van der Waals surface area contributed by atoms with Gasteiger partial charge in [0.25, 0.3) is 10.0 Å². The van der Waals surface area contributed by atoms with Crippen LogP contribution >= 0.6 is 35.1 Å². The Morgan fingerprint density at radius 1 is 1.05 bits per heavy atom. The Morgan fingerprint density at radius 3 is 2.33 bits per heavy atom. The first-order valence-corrected chi connectivity index (χ1v) is 9.26. The summed E-state index contributed by atoms with van der Waals surface area (Å²) >= 11 is 11.9. The monoisotopic (exact) mass is 361 g/mol. The van der Waals surface area contributed by atoms with Gasteiger partial charge in [0.05, 0.1) is 4.90 Å². The van der Waals surface area contributed by atoms with Crippen LogP contribution in [0.3, 0.4) is 0 Å². The quantitative estimate of drug-likeness (QED) is 0.635. The predicted molar refractivity (Wildman–Crippen MR) is 90.0 cm³/mol. The van der Waals surface area contributed by atoms with Crippen LogP contribution in [0.2, 0.25) is 0 Å². The number of rotatable bonds is 5. The number of hydrogen-bond donors (Lipinski definition) is 1. The van der Waals surface area contributed by atoms with Gasteiger partial charge in [-0.2, -0.15) is 4.13 Å². The molecule has 0 fully saturated rings. The van der Waals surface area contributed by atoms with Gasteiger partial charge in [-0.25, -0.2) is 8.42 Å². The fourth-order valence-corrected chi connectivity index (χ4v) is 4.75. The molecule has 21 heavy (non-hydrogen) atoms. The molecule has 0 spiro atoms. The third-order valence-corrected chi connectivity index (χ3v) is 5.87. The van der Waals surface area contributed by atoms with Crippen molar-refractivity contribution in [1.82, 2.24) is 4.13 Å². The molecule has 1 N–H and O–H groups in total. The smallest absolute Gasteiger partial charge is 0.206 e. The largest absolute Gasteiger partial charge is 0.250 e. The molecule has 2 aromatic rings. The molecule has 3 nitrogen and oxygen atoms in total. The minimum Gasteiger partial charge on any atom is -0.206 e. The van der Waals surface area contributed by atoms with Crippen molar-refractivity contribution in [2.45, 2.75) is 16.0 Å². The number of aryl methyl sites for hydroxylation is 1. The SMILES string of the molecule is Cc1cccc(-c2ccccc2)c1S(=O)(=O)NSC(Cl)Cl. The highest BCUT2D eigenvalue weighted by Gasteiger charge is 2.22. The van der Waals surface area contributed by atoms with Gasteiger partial charge in [-0.3, -0.25) is 0 Å². The second-order valence-corrected chi connectivity index (χ2v) is 8.69. The third kappa shape index (κ3) is 4.14. The highest BCUT2D eigenvalue weighted by Crippen LogP contribution is 2.31. The van der Waals surface area contributed by atoms with E-state index in [0.29, 0.717) is 11.1 Å². The van der Waals surface area contributed by atoms with Gasteiger partial charge in [0, 0.05) is 5.56 Å². The van der Waals surface area contributed by atoms with Crippen molar-refractivity contribution in [3.63, 3.8) is 0 Å². The van der Waals surface area contributed by atoms with Crippen molar-refractivity contribution in [1.29, 1.82) is 0 Å². The molecular weight excluding hydrogens is 349 g/mol. The number of nitrogens with one attached hydrogen (secondary N) is 1. The van der Waals surface area contributed by atoms with Gasteiger partial charge in [0.2, 0.25) is 0 Å². The van der Waals surface area contributed by atoms with E-state index in [9.17, 15) is 8.42 Å². The number of hydrogen-bond acceptors (Lipinski definition) is 3. The summed E-state index contributed by atoms with van der Waals surface area (Å²) in [6.07, 6.45) is 0. The molecule has 0 saturated carbocycles. The molecule has 0 atom stereocenters. The van der Waals surface area contributed by atoms with Crippen molar-refractivity contribution in [2.75, 3.05) is 0 Å². The van der Waals surface area contributed by atoms with Crippen LogP contribution < -0.4 is 4.13 Å². The first-order chi connectivity index (χ1) is 9.92. The lowest BCUT2D eigenvalue weighted by molar-refractivity contribution is 0.594. The van der Waals surface area contributed by atoms with E-state index in [0.717, 1.165) is 17.5 Å². The molecule has 0 radical (unpaired) electrons. The van der Waals surface area contributed by atoms with E-state index in [1.165, 1.54) is 0 Å². The van der Waals surface area contributed by atoms with Crippen LogP contribution in [0.1, 0.15) is 5.56 Å². The van der Waals surface area contributed by atoms with E-state index in [1.54, 1.807) is 19.1 Å². The lowest BCUT2D eigenvalue weighted by atomic mass is 10.0. The number of benzene rings is 2. The van der Waals surface area contributed by atoms with Crippen LogP contribution in [0, 0.1) is 6.92 Å². The summed E-state index contributed by atoms with van der Waals surface area (Å²) in [5, 5.41) is 0. The molecule has 0 saturated heterocycles. The number of alkyl halides is 2. The Bertz CT molecular complexity index is 719. The maximum absolute atomic E-state index is 12.5. The zero-order valence-electron chi connectivity index (χ0n) is 11.1. The lowest BCUT2D eigenvalue weighted by Crippen LogP contribution is -2.19. The first kappa shape index (κ1) is 16.6. The average Bonchev–Trinajstić information content (AvgIpc) is 2.46. The Kier molecular flexibility index (Phi) is 5.57. The maximum atomic E-state index is 12.5. The molecule has 112 valence electrons. The number of sulfonamides is 1. The van der Waals surface area contributed by atoms with Gasteiger partial charge >= 0.3 is 0 Å². The predicted octanol–water partition coefficient (Wildman–Crippen LogP) is 4.35. The van der Waals surface area contributed by atoms with Crippen LogP contribution in [0.25, 0.3) is 11.1 Å². The fourth-order valence-electron chi connectivity index (χ4n) is 2.00. The summed E-state index contributed by atoms with van der Waals surface area (Å²) in [6.45, 7) is 1.75. The molecular formula is C14H13Cl2NO2S2. The Labute approximate surface area is 138 Å². The van der Waals surface area contributed by atoms with E-state index in [2.05, 4.69) is 4.13 Å².